The normalized spacial score (nSPS) is 11.0. The SMILES string of the molecule is CCc1cn(CC(=O)O)c2c(C)ccc(C)c12. The van der Waals surface area contributed by atoms with Gasteiger partial charge in [0.15, 0.2) is 0 Å². The summed E-state index contributed by atoms with van der Waals surface area (Å²) in [5, 5.41) is 10.2. The molecule has 1 heterocycles. The summed E-state index contributed by atoms with van der Waals surface area (Å²) < 4.78 is 1.85. The summed E-state index contributed by atoms with van der Waals surface area (Å²) in [6.07, 6.45) is 2.90. The molecule has 3 heteroatoms. The number of fused-ring (bicyclic) bond motifs is 1. The summed E-state index contributed by atoms with van der Waals surface area (Å²) >= 11 is 0. The van der Waals surface area contributed by atoms with E-state index in [4.69, 9.17) is 5.11 Å². The molecule has 90 valence electrons. The topological polar surface area (TPSA) is 42.2 Å². The Morgan fingerprint density at radius 3 is 2.53 bits per heavy atom. The highest BCUT2D eigenvalue weighted by Crippen LogP contribution is 2.28. The van der Waals surface area contributed by atoms with Gasteiger partial charge in [0.25, 0.3) is 0 Å². The number of aryl methyl sites for hydroxylation is 3. The molecule has 0 atom stereocenters. The van der Waals surface area contributed by atoms with Gasteiger partial charge in [0.05, 0.1) is 5.52 Å². The van der Waals surface area contributed by atoms with Gasteiger partial charge in [0, 0.05) is 11.6 Å². The van der Waals surface area contributed by atoms with Gasteiger partial charge in [-0.05, 0) is 37.0 Å². The zero-order valence-corrected chi connectivity index (χ0v) is 10.4. The van der Waals surface area contributed by atoms with Crippen LogP contribution < -0.4 is 0 Å². The van der Waals surface area contributed by atoms with E-state index in [0.29, 0.717) is 0 Å². The summed E-state index contributed by atoms with van der Waals surface area (Å²) in [6.45, 7) is 6.23. The van der Waals surface area contributed by atoms with E-state index in [1.165, 1.54) is 16.5 Å². The number of aromatic nitrogens is 1. The van der Waals surface area contributed by atoms with Crippen molar-refractivity contribution >= 4 is 16.9 Å². The van der Waals surface area contributed by atoms with Gasteiger partial charge in [-0.25, -0.2) is 0 Å². The van der Waals surface area contributed by atoms with Crippen LogP contribution in [0.25, 0.3) is 10.9 Å². The number of nitrogens with zero attached hydrogens (tertiary/aromatic N) is 1. The Labute approximate surface area is 101 Å². The van der Waals surface area contributed by atoms with Gasteiger partial charge in [-0.3, -0.25) is 4.79 Å². The van der Waals surface area contributed by atoms with E-state index in [1.807, 2.05) is 17.7 Å². The smallest absolute Gasteiger partial charge is 0.323 e. The van der Waals surface area contributed by atoms with Crippen LogP contribution in [0.4, 0.5) is 0 Å². The van der Waals surface area contributed by atoms with Crippen LogP contribution >= 0.6 is 0 Å². The molecule has 0 spiro atoms. The predicted octanol–water partition coefficient (Wildman–Crippen LogP) is 2.91. The van der Waals surface area contributed by atoms with Crippen molar-refractivity contribution in [1.29, 1.82) is 0 Å². The summed E-state index contributed by atoms with van der Waals surface area (Å²) in [5.41, 5.74) is 4.63. The fourth-order valence-corrected chi connectivity index (χ4v) is 2.43. The van der Waals surface area contributed by atoms with Gasteiger partial charge < -0.3 is 9.67 Å². The minimum absolute atomic E-state index is 0.0286. The van der Waals surface area contributed by atoms with Crippen molar-refractivity contribution in [3.05, 3.63) is 35.0 Å². The van der Waals surface area contributed by atoms with E-state index in [-0.39, 0.29) is 6.54 Å². The van der Waals surface area contributed by atoms with Crippen LogP contribution in [0.2, 0.25) is 0 Å². The molecular weight excluding hydrogens is 214 g/mol. The third-order valence-corrected chi connectivity index (χ3v) is 3.19. The molecule has 1 N–H and O–H groups in total. The maximum absolute atomic E-state index is 10.9. The molecule has 0 bridgehead atoms. The molecule has 0 radical (unpaired) electrons. The Kier molecular flexibility index (Phi) is 2.92. The zero-order valence-electron chi connectivity index (χ0n) is 10.4. The summed E-state index contributed by atoms with van der Waals surface area (Å²) in [7, 11) is 0. The molecule has 1 aromatic carbocycles. The van der Waals surface area contributed by atoms with Crippen LogP contribution in [-0.2, 0) is 17.8 Å². The molecule has 0 unspecified atom stereocenters. The monoisotopic (exact) mass is 231 g/mol. The maximum atomic E-state index is 10.9. The van der Waals surface area contributed by atoms with Crippen molar-refractivity contribution in [2.75, 3.05) is 0 Å². The number of hydrogen-bond acceptors (Lipinski definition) is 1. The van der Waals surface area contributed by atoms with Crippen LogP contribution in [-0.4, -0.2) is 15.6 Å². The second-order valence-corrected chi connectivity index (χ2v) is 4.45. The average molecular weight is 231 g/mol. The van der Waals surface area contributed by atoms with E-state index in [9.17, 15) is 4.79 Å². The number of hydrogen-bond donors (Lipinski definition) is 1. The van der Waals surface area contributed by atoms with Crippen molar-refractivity contribution in [1.82, 2.24) is 4.57 Å². The van der Waals surface area contributed by atoms with Crippen LogP contribution in [0.15, 0.2) is 18.3 Å². The van der Waals surface area contributed by atoms with Gasteiger partial charge >= 0.3 is 5.97 Å². The second kappa shape index (κ2) is 4.24. The number of carboxylic acid groups (broad SMARTS) is 1. The first-order chi connectivity index (χ1) is 8.04. The first-order valence-corrected chi connectivity index (χ1v) is 5.84. The van der Waals surface area contributed by atoms with E-state index in [2.05, 4.69) is 26.0 Å². The largest absolute Gasteiger partial charge is 0.480 e. The Morgan fingerprint density at radius 1 is 1.29 bits per heavy atom. The maximum Gasteiger partial charge on any atom is 0.323 e. The molecule has 0 fully saturated rings. The van der Waals surface area contributed by atoms with E-state index in [1.54, 1.807) is 0 Å². The fraction of sp³-hybridized carbons (Fsp3) is 0.357. The predicted molar refractivity (Wildman–Crippen MR) is 68.4 cm³/mol. The van der Waals surface area contributed by atoms with Gasteiger partial charge in [-0.2, -0.15) is 0 Å². The standard InChI is InChI=1S/C14H17NO2/c1-4-11-7-15(8-12(16)17)14-10(3)6-5-9(2)13(11)14/h5-7H,4,8H2,1-3H3,(H,16,17). The summed E-state index contributed by atoms with van der Waals surface area (Å²) in [6, 6.07) is 4.15. The number of carboxylic acids is 1. The van der Waals surface area contributed by atoms with E-state index < -0.39 is 5.97 Å². The molecule has 2 aromatic rings. The van der Waals surface area contributed by atoms with Crippen LogP contribution in [0.5, 0.6) is 0 Å². The Hall–Kier alpha value is -1.77. The molecule has 2 rings (SSSR count). The first-order valence-electron chi connectivity index (χ1n) is 5.84. The van der Waals surface area contributed by atoms with Crippen LogP contribution in [0.3, 0.4) is 0 Å². The average Bonchev–Trinajstić information content (AvgIpc) is 2.62. The van der Waals surface area contributed by atoms with Crippen molar-refractivity contribution in [2.24, 2.45) is 0 Å². The lowest BCUT2D eigenvalue weighted by Crippen LogP contribution is -2.07. The van der Waals surface area contributed by atoms with Crippen molar-refractivity contribution in [2.45, 2.75) is 33.7 Å². The zero-order chi connectivity index (χ0) is 12.6. The lowest BCUT2D eigenvalue weighted by atomic mass is 10.0. The molecule has 0 aliphatic heterocycles. The number of rotatable bonds is 3. The van der Waals surface area contributed by atoms with Crippen molar-refractivity contribution in [3.63, 3.8) is 0 Å². The first kappa shape index (κ1) is 11.7. The molecule has 1 aromatic heterocycles. The Bertz CT molecular complexity index is 581. The highest BCUT2D eigenvalue weighted by molar-refractivity contribution is 5.90. The highest BCUT2D eigenvalue weighted by Gasteiger charge is 2.13. The minimum Gasteiger partial charge on any atom is -0.480 e. The Morgan fingerprint density at radius 2 is 1.94 bits per heavy atom. The van der Waals surface area contributed by atoms with Crippen LogP contribution in [0, 0.1) is 13.8 Å². The van der Waals surface area contributed by atoms with Crippen LogP contribution in [0.1, 0.15) is 23.6 Å². The third-order valence-electron chi connectivity index (χ3n) is 3.19. The molecule has 3 nitrogen and oxygen atoms in total. The molecule has 17 heavy (non-hydrogen) atoms. The van der Waals surface area contributed by atoms with Gasteiger partial charge in [0.2, 0.25) is 0 Å². The molecule has 0 aliphatic carbocycles. The lowest BCUT2D eigenvalue weighted by Gasteiger charge is -2.06. The highest BCUT2D eigenvalue weighted by atomic mass is 16.4. The minimum atomic E-state index is -0.801. The molecule has 0 amide bonds. The van der Waals surface area contributed by atoms with Gasteiger partial charge in [-0.1, -0.05) is 19.1 Å². The summed E-state index contributed by atoms with van der Waals surface area (Å²) in [5.74, 6) is -0.801. The second-order valence-electron chi connectivity index (χ2n) is 4.45. The van der Waals surface area contributed by atoms with Gasteiger partial charge in [0.1, 0.15) is 6.54 Å². The lowest BCUT2D eigenvalue weighted by molar-refractivity contribution is -0.137. The van der Waals surface area contributed by atoms with E-state index >= 15 is 0 Å². The van der Waals surface area contributed by atoms with E-state index in [0.717, 1.165) is 17.5 Å². The van der Waals surface area contributed by atoms with Crippen molar-refractivity contribution in [3.8, 4) is 0 Å². The number of benzene rings is 1. The molecule has 0 saturated heterocycles. The number of carbonyl (C=O) groups is 1. The van der Waals surface area contributed by atoms with Crippen molar-refractivity contribution < 1.29 is 9.90 Å². The molecule has 0 saturated carbocycles. The fourth-order valence-electron chi connectivity index (χ4n) is 2.43. The summed E-state index contributed by atoms with van der Waals surface area (Å²) in [4.78, 5) is 10.9. The molecule has 0 aliphatic rings. The van der Waals surface area contributed by atoms with Gasteiger partial charge in [-0.15, -0.1) is 0 Å². The third kappa shape index (κ3) is 1.93. The molecular formula is C14H17NO2. The Balaban J connectivity index is 2.77. The number of aliphatic carboxylic acids is 1. The quantitative estimate of drug-likeness (QED) is 0.882.